The Balaban J connectivity index is 1.81. The van der Waals surface area contributed by atoms with Crippen LogP contribution in [0, 0.1) is 0 Å². The lowest BCUT2D eigenvalue weighted by Crippen LogP contribution is -2.51. The van der Waals surface area contributed by atoms with Crippen molar-refractivity contribution >= 4 is 23.6 Å². The second-order valence-corrected chi connectivity index (χ2v) is 8.49. The molecule has 7 nitrogen and oxygen atoms in total. The molecule has 1 aromatic carbocycles. The van der Waals surface area contributed by atoms with Crippen molar-refractivity contribution < 1.29 is 27.5 Å². The van der Waals surface area contributed by atoms with Gasteiger partial charge in [0.25, 0.3) is 5.91 Å². The summed E-state index contributed by atoms with van der Waals surface area (Å²) in [6.07, 6.45) is -4.43. The number of aromatic nitrogens is 2. The van der Waals surface area contributed by atoms with Crippen molar-refractivity contribution in [2.24, 2.45) is 0 Å². The Morgan fingerprint density at radius 1 is 1.06 bits per heavy atom. The van der Waals surface area contributed by atoms with Gasteiger partial charge in [-0.3, -0.25) is 4.79 Å². The average Bonchev–Trinajstić information content (AvgIpc) is 3.12. The van der Waals surface area contributed by atoms with E-state index >= 15 is 0 Å². The van der Waals surface area contributed by atoms with Crippen molar-refractivity contribution in [3.63, 3.8) is 0 Å². The fraction of sp³-hybridized carbons (Fsp3) is 0.450. The van der Waals surface area contributed by atoms with Crippen LogP contribution in [0.5, 0.6) is 0 Å². The van der Waals surface area contributed by atoms with Crippen LogP contribution >= 0.6 is 11.6 Å². The lowest BCUT2D eigenvalue weighted by molar-refractivity contribution is -0.143. The number of halogens is 4. The van der Waals surface area contributed by atoms with Gasteiger partial charge in [0, 0.05) is 31.2 Å². The van der Waals surface area contributed by atoms with Gasteiger partial charge in [0.05, 0.1) is 17.4 Å². The number of piperazine rings is 1. The molecule has 168 valence electrons. The number of rotatable bonds is 2. The zero-order valence-corrected chi connectivity index (χ0v) is 18.0. The van der Waals surface area contributed by atoms with Crippen LogP contribution in [0.3, 0.4) is 0 Å². The minimum Gasteiger partial charge on any atom is -0.444 e. The van der Waals surface area contributed by atoms with E-state index < -0.39 is 35.0 Å². The summed E-state index contributed by atoms with van der Waals surface area (Å²) < 4.78 is 47.5. The third-order valence-electron chi connectivity index (χ3n) is 4.54. The number of hydrogen-bond acceptors (Lipinski definition) is 4. The van der Waals surface area contributed by atoms with Gasteiger partial charge in [-0.15, -0.1) is 0 Å². The van der Waals surface area contributed by atoms with E-state index in [2.05, 4.69) is 5.10 Å². The summed E-state index contributed by atoms with van der Waals surface area (Å²) in [4.78, 5) is 27.8. The first-order chi connectivity index (χ1) is 14.4. The van der Waals surface area contributed by atoms with Crippen molar-refractivity contribution in [2.45, 2.75) is 32.5 Å². The first-order valence-corrected chi connectivity index (χ1v) is 9.93. The molecule has 1 saturated heterocycles. The van der Waals surface area contributed by atoms with E-state index in [1.807, 2.05) is 0 Å². The minimum atomic E-state index is -4.82. The Morgan fingerprint density at radius 3 is 2.23 bits per heavy atom. The predicted octanol–water partition coefficient (Wildman–Crippen LogP) is 4.24. The van der Waals surface area contributed by atoms with Gasteiger partial charge in [-0.25, -0.2) is 9.48 Å². The van der Waals surface area contributed by atoms with Gasteiger partial charge in [0.15, 0.2) is 5.69 Å². The number of carbonyl (C=O) groups is 2. The summed E-state index contributed by atoms with van der Waals surface area (Å²) in [7, 11) is 0. The van der Waals surface area contributed by atoms with Crippen LogP contribution < -0.4 is 0 Å². The number of hydrogen-bond donors (Lipinski definition) is 0. The summed E-state index contributed by atoms with van der Waals surface area (Å²) in [5.74, 6) is -0.801. The molecule has 0 aliphatic carbocycles. The quantitative estimate of drug-likeness (QED) is 0.675. The molecular formula is C20H22ClF3N4O3. The number of benzene rings is 1. The number of ether oxygens (including phenoxy) is 1. The average molecular weight is 459 g/mol. The smallest absolute Gasteiger partial charge is 0.434 e. The van der Waals surface area contributed by atoms with E-state index in [1.165, 1.54) is 34.1 Å². The van der Waals surface area contributed by atoms with Crippen LogP contribution in [0.25, 0.3) is 5.69 Å². The highest BCUT2D eigenvalue weighted by Crippen LogP contribution is 2.34. The molecule has 2 aromatic rings. The molecule has 0 radical (unpaired) electrons. The fourth-order valence-electron chi connectivity index (χ4n) is 3.17. The van der Waals surface area contributed by atoms with Crippen LogP contribution in [-0.2, 0) is 10.9 Å². The summed E-state index contributed by atoms with van der Waals surface area (Å²) in [6.45, 7) is 5.69. The highest BCUT2D eigenvalue weighted by molar-refractivity contribution is 6.30. The van der Waals surface area contributed by atoms with Gasteiger partial charge >= 0.3 is 12.3 Å². The van der Waals surface area contributed by atoms with E-state index in [9.17, 15) is 22.8 Å². The van der Waals surface area contributed by atoms with Gasteiger partial charge in [0.2, 0.25) is 0 Å². The molecule has 1 aliphatic heterocycles. The Bertz CT molecular complexity index is 977. The highest BCUT2D eigenvalue weighted by Gasteiger charge is 2.42. The molecule has 31 heavy (non-hydrogen) atoms. The maximum absolute atomic E-state index is 13.8. The van der Waals surface area contributed by atoms with Gasteiger partial charge in [-0.2, -0.15) is 18.3 Å². The van der Waals surface area contributed by atoms with Crippen molar-refractivity contribution in [3.8, 4) is 5.69 Å². The molecule has 0 bridgehead atoms. The molecule has 11 heteroatoms. The molecule has 3 rings (SSSR count). The van der Waals surface area contributed by atoms with Gasteiger partial charge < -0.3 is 14.5 Å². The van der Waals surface area contributed by atoms with Crippen LogP contribution in [0.15, 0.2) is 30.5 Å². The Kier molecular flexibility index (Phi) is 6.22. The molecule has 2 amide bonds. The number of nitrogens with zero attached hydrogens (tertiary/aromatic N) is 4. The van der Waals surface area contributed by atoms with Crippen molar-refractivity contribution in [2.75, 3.05) is 26.2 Å². The molecule has 1 fully saturated rings. The molecule has 0 unspecified atom stereocenters. The molecule has 0 N–H and O–H groups in total. The first kappa shape index (κ1) is 22.9. The molecule has 0 saturated carbocycles. The van der Waals surface area contributed by atoms with Crippen molar-refractivity contribution in [1.29, 1.82) is 0 Å². The second kappa shape index (κ2) is 8.41. The maximum atomic E-state index is 13.8. The van der Waals surface area contributed by atoms with E-state index in [0.717, 1.165) is 6.20 Å². The molecule has 1 aromatic heterocycles. The summed E-state index contributed by atoms with van der Waals surface area (Å²) in [5, 5.41) is 4.04. The van der Waals surface area contributed by atoms with E-state index in [0.29, 0.717) is 4.68 Å². The lowest BCUT2D eigenvalue weighted by Gasteiger charge is -2.35. The summed E-state index contributed by atoms with van der Waals surface area (Å²) in [6, 6.07) is 5.77. The van der Waals surface area contributed by atoms with Crippen molar-refractivity contribution in [1.82, 2.24) is 19.6 Å². The van der Waals surface area contributed by atoms with E-state index in [4.69, 9.17) is 16.3 Å². The minimum absolute atomic E-state index is 0.0811. The van der Waals surface area contributed by atoms with Crippen LogP contribution in [0.2, 0.25) is 5.02 Å². The third kappa shape index (κ3) is 5.30. The highest BCUT2D eigenvalue weighted by atomic mass is 35.5. The van der Waals surface area contributed by atoms with Crippen LogP contribution in [0.4, 0.5) is 18.0 Å². The van der Waals surface area contributed by atoms with Crippen LogP contribution in [0.1, 0.15) is 36.8 Å². The number of amides is 2. The maximum Gasteiger partial charge on any atom is 0.434 e. The van der Waals surface area contributed by atoms with Gasteiger partial charge in [-0.1, -0.05) is 17.7 Å². The summed E-state index contributed by atoms with van der Waals surface area (Å²) in [5.41, 5.74) is -2.30. The third-order valence-corrected chi connectivity index (χ3v) is 4.77. The fourth-order valence-corrected chi connectivity index (χ4v) is 3.35. The normalized spacial score (nSPS) is 15.2. The standard InChI is InChI=1S/C20H22ClF3N4O3/c1-19(2,3)31-18(30)27-9-7-26(8-10-27)17(29)15-12-25-28(16(15)20(22,23)24)14-6-4-5-13(21)11-14/h4-6,11-12H,7-10H2,1-3H3. The predicted molar refractivity (Wildman–Crippen MR) is 107 cm³/mol. The summed E-state index contributed by atoms with van der Waals surface area (Å²) >= 11 is 5.89. The first-order valence-electron chi connectivity index (χ1n) is 9.55. The molecule has 0 atom stereocenters. The zero-order valence-electron chi connectivity index (χ0n) is 17.2. The Morgan fingerprint density at radius 2 is 1.68 bits per heavy atom. The molecule has 0 spiro atoms. The number of alkyl halides is 3. The zero-order chi connectivity index (χ0) is 23.0. The van der Waals surface area contributed by atoms with Crippen molar-refractivity contribution in [3.05, 3.63) is 46.7 Å². The molecule has 1 aliphatic rings. The molecule has 2 heterocycles. The topological polar surface area (TPSA) is 67.7 Å². The number of carbonyl (C=O) groups excluding carboxylic acids is 2. The Labute approximate surface area is 182 Å². The second-order valence-electron chi connectivity index (χ2n) is 8.06. The van der Waals surface area contributed by atoms with Crippen LogP contribution in [-0.4, -0.2) is 63.4 Å². The van der Waals surface area contributed by atoms with Gasteiger partial charge in [-0.05, 0) is 39.0 Å². The molecular weight excluding hydrogens is 437 g/mol. The SMILES string of the molecule is CC(C)(C)OC(=O)N1CCN(C(=O)c2cnn(-c3cccc(Cl)c3)c2C(F)(F)F)CC1. The van der Waals surface area contributed by atoms with E-state index in [-0.39, 0.29) is 36.9 Å². The lowest BCUT2D eigenvalue weighted by atomic mass is 10.2. The largest absolute Gasteiger partial charge is 0.444 e. The monoisotopic (exact) mass is 458 g/mol. The Hall–Kier alpha value is -2.75. The van der Waals surface area contributed by atoms with E-state index in [1.54, 1.807) is 20.8 Å². The van der Waals surface area contributed by atoms with Gasteiger partial charge in [0.1, 0.15) is 5.60 Å².